The smallest absolute Gasteiger partial charge is 0.336 e. The minimum Gasteiger partial charge on any atom is -0.461 e. The lowest BCUT2D eigenvalue weighted by molar-refractivity contribution is -0.144. The molecule has 4 aromatic rings. The normalized spacial score (nSPS) is 11.4. The van der Waals surface area contributed by atoms with Crippen LogP contribution in [0.1, 0.15) is 33.6 Å². The van der Waals surface area contributed by atoms with Crippen molar-refractivity contribution < 1.29 is 13.9 Å². The topological polar surface area (TPSA) is 99.6 Å². The third-order valence-electron chi connectivity index (χ3n) is 5.44. The van der Waals surface area contributed by atoms with Gasteiger partial charge in [0, 0.05) is 34.0 Å². The maximum absolute atomic E-state index is 12.6. The van der Waals surface area contributed by atoms with Crippen molar-refractivity contribution in [1.29, 1.82) is 0 Å². The van der Waals surface area contributed by atoms with Crippen LogP contribution in [0.4, 0.5) is 0 Å². The Balaban J connectivity index is 1.58. The van der Waals surface area contributed by atoms with Crippen molar-refractivity contribution in [3.05, 3.63) is 62.3 Å². The van der Waals surface area contributed by atoms with Gasteiger partial charge in [-0.25, -0.2) is 14.3 Å². The Morgan fingerprint density at radius 1 is 1.19 bits per heavy atom. The number of hydrogen-bond acceptors (Lipinski definition) is 8. The molecule has 0 amide bonds. The fraction of sp³-hybridized carbons (Fsp3) is 0.318. The fourth-order valence-electron chi connectivity index (χ4n) is 3.53. The average molecular weight is 439 g/mol. The number of fused-ring (bicyclic) bond motifs is 2. The summed E-state index contributed by atoms with van der Waals surface area (Å²) in [4.78, 5) is 33.5. The van der Waals surface area contributed by atoms with Gasteiger partial charge in [-0.1, -0.05) is 23.9 Å². The van der Waals surface area contributed by atoms with Gasteiger partial charge in [0.15, 0.2) is 0 Å². The maximum Gasteiger partial charge on any atom is 0.336 e. The molecule has 4 rings (SSSR count). The zero-order chi connectivity index (χ0) is 22.3. The van der Waals surface area contributed by atoms with Gasteiger partial charge in [-0.2, -0.15) is 4.98 Å². The standard InChI is InChI=1S/C22H22N4O4S/c1-11-6-7-16-15(8-19(28)30-20(16)12(11)2)10-29-18(27)9-17-13(3)23-21-24-22(31-5)25-26(21)14(17)4/h6-8H,9-10H2,1-5H3. The molecule has 0 radical (unpaired) electrons. The van der Waals surface area contributed by atoms with Crippen LogP contribution in [0, 0.1) is 27.7 Å². The van der Waals surface area contributed by atoms with Gasteiger partial charge in [0.25, 0.3) is 5.78 Å². The molecule has 9 heteroatoms. The molecule has 31 heavy (non-hydrogen) atoms. The van der Waals surface area contributed by atoms with E-state index in [2.05, 4.69) is 15.1 Å². The Morgan fingerprint density at radius 3 is 2.71 bits per heavy atom. The molecular formula is C22H22N4O4S. The largest absolute Gasteiger partial charge is 0.461 e. The van der Waals surface area contributed by atoms with Crippen LogP contribution in [0.5, 0.6) is 0 Å². The number of carbonyl (C=O) groups excluding carboxylic acids is 1. The first kappa shape index (κ1) is 21.0. The molecular weight excluding hydrogens is 416 g/mol. The monoisotopic (exact) mass is 438 g/mol. The van der Waals surface area contributed by atoms with Gasteiger partial charge in [-0.15, -0.1) is 5.10 Å². The minimum absolute atomic E-state index is 0.0167. The summed E-state index contributed by atoms with van der Waals surface area (Å²) < 4.78 is 12.5. The maximum atomic E-state index is 12.6. The van der Waals surface area contributed by atoms with Crippen LogP contribution in [0.2, 0.25) is 0 Å². The molecule has 3 aromatic heterocycles. The summed E-state index contributed by atoms with van der Waals surface area (Å²) >= 11 is 1.43. The van der Waals surface area contributed by atoms with Crippen LogP contribution < -0.4 is 5.63 Å². The number of ether oxygens (including phenoxy) is 1. The molecule has 0 aliphatic carbocycles. The van der Waals surface area contributed by atoms with E-state index in [0.29, 0.717) is 27.8 Å². The molecule has 160 valence electrons. The first-order chi connectivity index (χ1) is 14.8. The highest BCUT2D eigenvalue weighted by Gasteiger charge is 2.17. The van der Waals surface area contributed by atoms with E-state index in [0.717, 1.165) is 27.8 Å². The SMILES string of the molecule is CSc1nc2nc(C)c(CC(=O)OCc3cc(=O)oc4c(C)c(C)ccc34)c(C)n2n1. The third kappa shape index (κ3) is 3.93. The van der Waals surface area contributed by atoms with Crippen molar-refractivity contribution >= 4 is 34.5 Å². The number of aryl methyl sites for hydroxylation is 4. The lowest BCUT2D eigenvalue weighted by Crippen LogP contribution is -2.14. The highest BCUT2D eigenvalue weighted by atomic mass is 32.2. The van der Waals surface area contributed by atoms with Crippen LogP contribution in [-0.2, 0) is 22.6 Å². The van der Waals surface area contributed by atoms with E-state index >= 15 is 0 Å². The molecule has 3 heterocycles. The number of esters is 1. The summed E-state index contributed by atoms with van der Waals surface area (Å²) in [6.45, 7) is 7.55. The molecule has 0 saturated carbocycles. The lowest BCUT2D eigenvalue weighted by atomic mass is 10.0. The van der Waals surface area contributed by atoms with Gasteiger partial charge in [-0.3, -0.25) is 4.79 Å². The number of benzene rings is 1. The molecule has 0 N–H and O–H groups in total. The first-order valence-corrected chi connectivity index (χ1v) is 11.0. The average Bonchev–Trinajstić information content (AvgIpc) is 3.15. The summed E-state index contributed by atoms with van der Waals surface area (Å²) in [6, 6.07) is 5.20. The molecule has 0 saturated heterocycles. The second kappa shape index (κ2) is 8.14. The third-order valence-corrected chi connectivity index (χ3v) is 5.98. The predicted molar refractivity (Wildman–Crippen MR) is 117 cm³/mol. The molecule has 0 unspecified atom stereocenters. The van der Waals surface area contributed by atoms with E-state index in [4.69, 9.17) is 9.15 Å². The van der Waals surface area contributed by atoms with E-state index in [1.165, 1.54) is 17.8 Å². The van der Waals surface area contributed by atoms with Gasteiger partial charge < -0.3 is 9.15 Å². The zero-order valence-corrected chi connectivity index (χ0v) is 18.8. The Hall–Kier alpha value is -3.20. The molecule has 0 bridgehead atoms. The van der Waals surface area contributed by atoms with E-state index in [-0.39, 0.29) is 13.0 Å². The van der Waals surface area contributed by atoms with Crippen molar-refractivity contribution in [1.82, 2.24) is 19.6 Å². The summed E-state index contributed by atoms with van der Waals surface area (Å²) in [7, 11) is 0. The Bertz CT molecular complexity index is 1390. The van der Waals surface area contributed by atoms with Crippen LogP contribution >= 0.6 is 11.8 Å². The van der Waals surface area contributed by atoms with Crippen LogP contribution in [0.25, 0.3) is 16.7 Å². The molecule has 1 aromatic carbocycles. The zero-order valence-electron chi connectivity index (χ0n) is 18.0. The van der Waals surface area contributed by atoms with Gasteiger partial charge >= 0.3 is 11.6 Å². The van der Waals surface area contributed by atoms with Gasteiger partial charge in [0.2, 0.25) is 5.16 Å². The fourth-order valence-corrected chi connectivity index (χ4v) is 3.87. The number of thioether (sulfide) groups is 1. The summed E-state index contributed by atoms with van der Waals surface area (Å²) in [5.74, 6) is 0.0902. The number of aromatic nitrogens is 4. The number of carbonyl (C=O) groups is 1. The van der Waals surface area contributed by atoms with E-state index < -0.39 is 11.6 Å². The van der Waals surface area contributed by atoms with E-state index in [1.807, 2.05) is 46.1 Å². The van der Waals surface area contributed by atoms with Crippen molar-refractivity contribution in [3.8, 4) is 0 Å². The number of nitrogens with zero attached hydrogens (tertiary/aromatic N) is 4. The number of rotatable bonds is 5. The molecule has 0 aliphatic rings. The summed E-state index contributed by atoms with van der Waals surface area (Å²) in [5, 5.41) is 5.78. The molecule has 0 spiro atoms. The minimum atomic E-state index is -0.468. The van der Waals surface area contributed by atoms with Crippen molar-refractivity contribution in [2.24, 2.45) is 0 Å². The van der Waals surface area contributed by atoms with Crippen molar-refractivity contribution in [3.63, 3.8) is 0 Å². The highest BCUT2D eigenvalue weighted by molar-refractivity contribution is 7.98. The van der Waals surface area contributed by atoms with Gasteiger partial charge in [0.1, 0.15) is 12.2 Å². The quantitative estimate of drug-likeness (QED) is 0.265. The second-order valence-electron chi connectivity index (χ2n) is 7.38. The Kier molecular flexibility index (Phi) is 5.53. The van der Waals surface area contributed by atoms with Crippen LogP contribution in [0.15, 0.2) is 32.6 Å². The second-order valence-corrected chi connectivity index (χ2v) is 8.16. The van der Waals surface area contributed by atoms with Crippen LogP contribution in [0.3, 0.4) is 0 Å². The summed E-state index contributed by atoms with van der Waals surface area (Å²) in [6.07, 6.45) is 1.94. The predicted octanol–water partition coefficient (Wildman–Crippen LogP) is 3.47. The van der Waals surface area contributed by atoms with Crippen molar-refractivity contribution in [2.75, 3.05) is 6.26 Å². The van der Waals surface area contributed by atoms with Crippen molar-refractivity contribution in [2.45, 2.75) is 45.9 Å². The van der Waals surface area contributed by atoms with Gasteiger partial charge in [-0.05, 0) is 45.1 Å². The molecule has 0 aliphatic heterocycles. The molecule has 0 atom stereocenters. The lowest BCUT2D eigenvalue weighted by Gasteiger charge is -2.12. The molecule has 0 fully saturated rings. The van der Waals surface area contributed by atoms with E-state index in [1.54, 1.807) is 4.52 Å². The first-order valence-electron chi connectivity index (χ1n) is 9.74. The molecule has 8 nitrogen and oxygen atoms in total. The Labute approximate surface area is 182 Å². The van der Waals surface area contributed by atoms with E-state index in [9.17, 15) is 9.59 Å². The number of hydrogen-bond donors (Lipinski definition) is 0. The van der Waals surface area contributed by atoms with Crippen LogP contribution in [-0.4, -0.2) is 31.8 Å². The Morgan fingerprint density at radius 2 is 1.97 bits per heavy atom. The van der Waals surface area contributed by atoms with Gasteiger partial charge in [0.05, 0.1) is 6.42 Å². The highest BCUT2D eigenvalue weighted by Crippen LogP contribution is 2.24. The summed E-state index contributed by atoms with van der Waals surface area (Å²) in [5.41, 5.74) is 4.84.